The Kier molecular flexibility index (Phi) is 6.21. The fourth-order valence-electron chi connectivity index (χ4n) is 3.61. The van der Waals surface area contributed by atoms with E-state index in [1.54, 1.807) is 44.5 Å². The molecule has 4 aromatic rings. The highest BCUT2D eigenvalue weighted by Crippen LogP contribution is 2.38. The minimum absolute atomic E-state index is 0.230. The van der Waals surface area contributed by atoms with Crippen molar-refractivity contribution in [3.63, 3.8) is 0 Å². The van der Waals surface area contributed by atoms with Gasteiger partial charge in [0.05, 0.1) is 28.0 Å². The van der Waals surface area contributed by atoms with Crippen LogP contribution in [0.1, 0.15) is 24.2 Å². The van der Waals surface area contributed by atoms with Gasteiger partial charge in [-0.3, -0.25) is 4.98 Å². The highest BCUT2D eigenvalue weighted by molar-refractivity contribution is 7.69. The van der Waals surface area contributed by atoms with E-state index >= 15 is 4.39 Å². The maximum atomic E-state index is 15.0. The number of aromatic nitrogens is 3. The van der Waals surface area contributed by atoms with E-state index in [0.29, 0.717) is 38.4 Å². The molecule has 5 nitrogen and oxygen atoms in total. The predicted octanol–water partition coefficient (Wildman–Crippen LogP) is 6.35. The molecule has 0 aliphatic heterocycles. The summed E-state index contributed by atoms with van der Waals surface area (Å²) in [6, 6.07) is 9.02. The SMILES string of the molecule is Cc1nc2cc(F)c(-c3cnc(P(C)(C)=O)nc3)cc2c(NC(C)c2ccccc2F)c1Cl. The summed E-state index contributed by atoms with van der Waals surface area (Å²) in [5.74, 6) is -0.839. The van der Waals surface area contributed by atoms with Gasteiger partial charge in [-0.2, -0.15) is 0 Å². The molecule has 170 valence electrons. The van der Waals surface area contributed by atoms with E-state index in [4.69, 9.17) is 11.6 Å². The summed E-state index contributed by atoms with van der Waals surface area (Å²) in [5.41, 5.74) is 2.84. The van der Waals surface area contributed by atoms with E-state index in [0.717, 1.165) is 0 Å². The van der Waals surface area contributed by atoms with Gasteiger partial charge in [0, 0.05) is 40.5 Å². The van der Waals surface area contributed by atoms with Crippen LogP contribution in [-0.2, 0) is 4.57 Å². The predicted molar refractivity (Wildman–Crippen MR) is 130 cm³/mol. The lowest BCUT2D eigenvalue weighted by atomic mass is 10.0. The monoisotopic (exact) mass is 486 g/mol. The molecule has 2 aromatic carbocycles. The number of hydrogen-bond donors (Lipinski definition) is 1. The average Bonchev–Trinajstić information content (AvgIpc) is 2.76. The lowest BCUT2D eigenvalue weighted by Gasteiger charge is -2.20. The van der Waals surface area contributed by atoms with E-state index in [9.17, 15) is 8.96 Å². The molecular formula is C24H22ClF2N4OP. The topological polar surface area (TPSA) is 67.8 Å². The smallest absolute Gasteiger partial charge is 0.188 e. The minimum Gasteiger partial charge on any atom is -0.377 e. The molecule has 0 saturated heterocycles. The molecule has 0 aliphatic carbocycles. The second-order valence-electron chi connectivity index (χ2n) is 8.25. The van der Waals surface area contributed by atoms with Crippen LogP contribution in [0.25, 0.3) is 22.0 Å². The number of pyridine rings is 1. The van der Waals surface area contributed by atoms with Gasteiger partial charge in [-0.1, -0.05) is 29.8 Å². The molecule has 0 spiro atoms. The zero-order valence-electron chi connectivity index (χ0n) is 18.5. The van der Waals surface area contributed by atoms with Crippen LogP contribution >= 0.6 is 18.7 Å². The molecule has 0 saturated carbocycles. The highest BCUT2D eigenvalue weighted by atomic mass is 35.5. The first kappa shape index (κ1) is 23.3. The van der Waals surface area contributed by atoms with Crippen molar-refractivity contribution >= 4 is 40.9 Å². The summed E-state index contributed by atoms with van der Waals surface area (Å²) in [6.07, 6.45) is 2.90. The maximum Gasteiger partial charge on any atom is 0.188 e. The number of fused-ring (bicyclic) bond motifs is 1. The van der Waals surface area contributed by atoms with Crippen LogP contribution in [0.5, 0.6) is 0 Å². The average molecular weight is 487 g/mol. The zero-order valence-corrected chi connectivity index (χ0v) is 20.2. The Labute approximate surface area is 195 Å². The van der Waals surface area contributed by atoms with Crippen LogP contribution in [0, 0.1) is 18.6 Å². The Morgan fingerprint density at radius 3 is 2.36 bits per heavy atom. The first-order valence-corrected chi connectivity index (χ1v) is 13.2. The number of nitrogens with zero attached hydrogens (tertiary/aromatic N) is 3. The van der Waals surface area contributed by atoms with Crippen LogP contribution < -0.4 is 10.9 Å². The van der Waals surface area contributed by atoms with Gasteiger partial charge < -0.3 is 9.88 Å². The van der Waals surface area contributed by atoms with Gasteiger partial charge in [-0.15, -0.1) is 0 Å². The molecule has 33 heavy (non-hydrogen) atoms. The molecule has 0 amide bonds. The van der Waals surface area contributed by atoms with Crippen molar-refractivity contribution in [1.29, 1.82) is 0 Å². The molecule has 1 atom stereocenters. The summed E-state index contributed by atoms with van der Waals surface area (Å²) < 4.78 is 41.6. The van der Waals surface area contributed by atoms with E-state index in [2.05, 4.69) is 20.3 Å². The first-order chi connectivity index (χ1) is 15.6. The van der Waals surface area contributed by atoms with Gasteiger partial charge in [0.2, 0.25) is 0 Å². The van der Waals surface area contributed by atoms with E-state index in [1.165, 1.54) is 24.5 Å². The zero-order chi connectivity index (χ0) is 23.9. The first-order valence-electron chi connectivity index (χ1n) is 10.2. The fourth-order valence-corrected chi connectivity index (χ4v) is 4.48. The number of rotatable bonds is 5. The van der Waals surface area contributed by atoms with Crippen molar-refractivity contribution in [3.05, 3.63) is 76.7 Å². The Hall–Kier alpha value is -2.89. The van der Waals surface area contributed by atoms with Crippen molar-refractivity contribution in [2.75, 3.05) is 18.6 Å². The van der Waals surface area contributed by atoms with Crippen LogP contribution in [0.2, 0.25) is 5.02 Å². The molecular weight excluding hydrogens is 465 g/mol. The van der Waals surface area contributed by atoms with Crippen molar-refractivity contribution in [3.8, 4) is 11.1 Å². The summed E-state index contributed by atoms with van der Waals surface area (Å²) in [6.45, 7) is 6.70. The van der Waals surface area contributed by atoms with Crippen molar-refractivity contribution in [2.45, 2.75) is 19.9 Å². The second kappa shape index (κ2) is 8.81. The van der Waals surface area contributed by atoms with Crippen molar-refractivity contribution < 1.29 is 13.3 Å². The van der Waals surface area contributed by atoms with Gasteiger partial charge in [0.25, 0.3) is 0 Å². The number of aryl methyl sites for hydroxylation is 1. The number of halogens is 3. The third kappa shape index (κ3) is 4.61. The molecule has 1 unspecified atom stereocenters. The lowest BCUT2D eigenvalue weighted by molar-refractivity contribution is 0.587. The summed E-state index contributed by atoms with van der Waals surface area (Å²) >= 11 is 6.58. The Morgan fingerprint density at radius 1 is 1.06 bits per heavy atom. The molecule has 4 rings (SSSR count). The van der Waals surface area contributed by atoms with Gasteiger partial charge in [-0.25, -0.2) is 18.7 Å². The van der Waals surface area contributed by atoms with Gasteiger partial charge in [0.1, 0.15) is 18.8 Å². The van der Waals surface area contributed by atoms with E-state index in [1.807, 2.05) is 6.92 Å². The summed E-state index contributed by atoms with van der Waals surface area (Å²) in [7, 11) is -2.63. The Balaban J connectivity index is 1.84. The van der Waals surface area contributed by atoms with Crippen LogP contribution in [-0.4, -0.2) is 28.3 Å². The van der Waals surface area contributed by atoms with E-state index < -0.39 is 19.0 Å². The molecule has 2 heterocycles. The number of hydrogen-bond acceptors (Lipinski definition) is 5. The molecule has 0 bridgehead atoms. The summed E-state index contributed by atoms with van der Waals surface area (Å²) in [4.78, 5) is 12.7. The Bertz CT molecular complexity index is 1410. The third-order valence-corrected chi connectivity index (χ3v) is 7.00. The van der Waals surface area contributed by atoms with Crippen LogP contribution in [0.3, 0.4) is 0 Å². The fraction of sp³-hybridized carbons (Fsp3) is 0.208. The molecule has 0 radical (unpaired) electrons. The van der Waals surface area contributed by atoms with Crippen molar-refractivity contribution in [1.82, 2.24) is 15.0 Å². The number of benzene rings is 2. The third-order valence-electron chi connectivity index (χ3n) is 5.34. The number of anilines is 1. The molecule has 2 aromatic heterocycles. The quantitative estimate of drug-likeness (QED) is 0.333. The second-order valence-corrected chi connectivity index (χ2v) is 11.7. The largest absolute Gasteiger partial charge is 0.377 e. The van der Waals surface area contributed by atoms with Crippen LogP contribution in [0.15, 0.2) is 48.8 Å². The molecule has 1 N–H and O–H groups in total. The maximum absolute atomic E-state index is 15.0. The Morgan fingerprint density at radius 2 is 1.73 bits per heavy atom. The molecule has 9 heteroatoms. The van der Waals surface area contributed by atoms with Gasteiger partial charge in [0.15, 0.2) is 5.57 Å². The minimum atomic E-state index is -2.63. The molecule has 0 aliphatic rings. The standard InChI is InChI=1S/C24H22ClF2N4OP/c1-13(16-7-5-6-8-19(16)26)31-23-18-9-17(15-11-28-24(29-12-15)33(3,4)32)20(27)10-21(18)30-14(2)22(23)25/h5-13H,1-4H3,(H,30,31). The lowest BCUT2D eigenvalue weighted by Crippen LogP contribution is -2.12. The van der Waals surface area contributed by atoms with Crippen molar-refractivity contribution in [2.24, 2.45) is 0 Å². The normalized spacial score (nSPS) is 12.7. The van der Waals surface area contributed by atoms with Gasteiger partial charge >= 0.3 is 0 Å². The highest BCUT2D eigenvalue weighted by Gasteiger charge is 2.20. The molecule has 0 fully saturated rings. The number of nitrogens with one attached hydrogen (secondary N) is 1. The van der Waals surface area contributed by atoms with E-state index in [-0.39, 0.29) is 16.9 Å². The van der Waals surface area contributed by atoms with Crippen LogP contribution in [0.4, 0.5) is 14.5 Å². The summed E-state index contributed by atoms with van der Waals surface area (Å²) in [5, 5.41) is 4.22. The van der Waals surface area contributed by atoms with Gasteiger partial charge in [-0.05, 0) is 39.3 Å².